The quantitative estimate of drug-likeness (QED) is 0.484. The lowest BCUT2D eigenvalue weighted by Crippen LogP contribution is -2.32. The maximum atomic E-state index is 5.22. The van der Waals surface area contributed by atoms with Crippen molar-refractivity contribution in [3.05, 3.63) is 0 Å². The molecule has 0 bridgehead atoms. The summed E-state index contributed by atoms with van der Waals surface area (Å²) in [6.45, 7) is 9.12. The first-order chi connectivity index (χ1) is 5.44. The Kier molecular flexibility index (Phi) is 5.05. The second-order valence-corrected chi connectivity index (χ2v) is 7.15. The average Bonchev–Trinajstić information content (AvgIpc) is 2.00. The van der Waals surface area contributed by atoms with Gasteiger partial charge in [-0.05, 0) is 11.0 Å². The molecule has 0 saturated heterocycles. The highest BCUT2D eigenvalue weighted by Gasteiger charge is 2.27. The van der Waals surface area contributed by atoms with E-state index in [0.29, 0.717) is 11.0 Å². The van der Waals surface area contributed by atoms with Gasteiger partial charge in [-0.25, -0.2) is 0 Å². The van der Waals surface area contributed by atoms with Crippen molar-refractivity contribution in [3.63, 3.8) is 0 Å². The van der Waals surface area contributed by atoms with E-state index < -0.39 is 0 Å². The monoisotopic (exact) mass is 190 g/mol. The van der Waals surface area contributed by atoms with Gasteiger partial charge in [0.2, 0.25) is 0 Å². The van der Waals surface area contributed by atoms with E-state index >= 15 is 0 Å². The molecule has 0 radical (unpaired) electrons. The van der Waals surface area contributed by atoms with Crippen molar-refractivity contribution in [2.24, 2.45) is 5.92 Å². The first-order valence-corrected chi connectivity index (χ1v) is 6.02. The van der Waals surface area contributed by atoms with Crippen molar-refractivity contribution in [3.8, 4) is 0 Å². The van der Waals surface area contributed by atoms with E-state index in [-0.39, 0.29) is 15.4 Å². The van der Waals surface area contributed by atoms with Crippen LogP contribution < -0.4 is 0 Å². The third kappa shape index (κ3) is 3.69. The molecule has 12 heavy (non-hydrogen) atoms. The molecule has 0 unspecified atom stereocenters. The topological polar surface area (TPSA) is 18.5 Å². The molecule has 0 amide bonds. The van der Waals surface area contributed by atoms with Gasteiger partial charge in [0.25, 0.3) is 0 Å². The van der Waals surface area contributed by atoms with Crippen molar-refractivity contribution < 1.29 is 9.47 Å². The van der Waals surface area contributed by atoms with Crippen LogP contribution in [0.1, 0.15) is 27.7 Å². The Hall–Kier alpha value is 0.137. The van der Waals surface area contributed by atoms with Gasteiger partial charge < -0.3 is 9.47 Å². The Morgan fingerprint density at radius 3 is 1.75 bits per heavy atom. The summed E-state index contributed by atoms with van der Waals surface area (Å²) in [7, 11) is 3.10. The summed E-state index contributed by atoms with van der Waals surface area (Å²) in [6, 6.07) is 0. The zero-order valence-corrected chi connectivity index (χ0v) is 10.6. The van der Waals surface area contributed by atoms with E-state index in [2.05, 4.69) is 27.7 Å². The van der Waals surface area contributed by atoms with Gasteiger partial charge in [-0.3, -0.25) is 0 Å². The van der Waals surface area contributed by atoms with Gasteiger partial charge in [0, 0.05) is 14.2 Å². The second-order valence-electron chi connectivity index (χ2n) is 4.25. The van der Waals surface area contributed by atoms with Crippen LogP contribution in [0.3, 0.4) is 0 Å². The third-order valence-electron chi connectivity index (χ3n) is 2.78. The number of hydrogen-bond acceptors (Lipinski definition) is 2. The van der Waals surface area contributed by atoms with E-state index in [9.17, 15) is 0 Å². The highest BCUT2D eigenvalue weighted by atomic mass is 28.2. The molecule has 0 aliphatic rings. The van der Waals surface area contributed by atoms with Crippen LogP contribution in [0.15, 0.2) is 0 Å². The second kappa shape index (κ2) is 4.99. The summed E-state index contributed by atoms with van der Waals surface area (Å²) < 4.78 is 10.4. The lowest BCUT2D eigenvalue weighted by molar-refractivity contribution is -0.0463. The van der Waals surface area contributed by atoms with Gasteiger partial charge in [0.15, 0.2) is 0 Å². The van der Waals surface area contributed by atoms with Crippen LogP contribution in [0, 0.1) is 5.92 Å². The van der Waals surface area contributed by atoms with Gasteiger partial charge >= 0.3 is 0 Å². The Balaban J connectivity index is 4.02. The molecule has 0 fully saturated rings. The number of methoxy groups -OCH3 is 2. The zero-order chi connectivity index (χ0) is 9.78. The molecule has 0 saturated carbocycles. The molecule has 0 aliphatic carbocycles. The SMILES string of the molecule is COC(OC)[SiH2]C(C)(C)C(C)C. The Labute approximate surface area is 78.5 Å². The molecule has 0 spiro atoms. The summed E-state index contributed by atoms with van der Waals surface area (Å²) in [5.74, 6) is 0.777. The number of ether oxygens (including phenoxy) is 2. The highest BCUT2D eigenvalue weighted by molar-refractivity contribution is 6.40. The summed E-state index contributed by atoms with van der Waals surface area (Å²) >= 11 is 0. The molecule has 0 heterocycles. The molecule has 0 rings (SSSR count). The van der Waals surface area contributed by atoms with Crippen molar-refractivity contribution in [2.45, 2.75) is 38.6 Å². The third-order valence-corrected chi connectivity index (χ3v) is 5.65. The van der Waals surface area contributed by atoms with Crippen molar-refractivity contribution in [1.82, 2.24) is 0 Å². The molecule has 0 atom stereocenters. The molecule has 0 aromatic heterocycles. The molecular formula is C9H22O2Si. The summed E-state index contributed by atoms with van der Waals surface area (Å²) in [5, 5.41) is 0.413. The van der Waals surface area contributed by atoms with Gasteiger partial charge in [0.1, 0.15) is 5.91 Å². The smallest absolute Gasteiger partial charge is 0.134 e. The first-order valence-electron chi connectivity index (χ1n) is 4.49. The largest absolute Gasteiger partial charge is 0.360 e. The van der Waals surface area contributed by atoms with Crippen LogP contribution in [0.25, 0.3) is 0 Å². The number of rotatable bonds is 5. The van der Waals surface area contributed by atoms with Crippen LogP contribution in [0.2, 0.25) is 5.04 Å². The van der Waals surface area contributed by atoms with E-state index in [4.69, 9.17) is 9.47 Å². The molecule has 2 nitrogen and oxygen atoms in total. The first kappa shape index (κ1) is 12.1. The van der Waals surface area contributed by atoms with Crippen molar-refractivity contribution in [2.75, 3.05) is 14.2 Å². The Morgan fingerprint density at radius 1 is 1.08 bits per heavy atom. The minimum Gasteiger partial charge on any atom is -0.360 e. The van der Waals surface area contributed by atoms with Gasteiger partial charge in [-0.1, -0.05) is 27.7 Å². The lowest BCUT2D eigenvalue weighted by atomic mass is 9.99. The van der Waals surface area contributed by atoms with Gasteiger partial charge in [-0.15, -0.1) is 0 Å². The van der Waals surface area contributed by atoms with Crippen LogP contribution in [0.5, 0.6) is 0 Å². The predicted molar refractivity (Wildman–Crippen MR) is 55.2 cm³/mol. The molecule has 74 valence electrons. The highest BCUT2D eigenvalue weighted by Crippen LogP contribution is 2.33. The predicted octanol–water partition coefficient (Wildman–Crippen LogP) is 1.59. The molecule has 0 aromatic rings. The summed E-state index contributed by atoms with van der Waals surface area (Å²) in [4.78, 5) is 0. The fraction of sp³-hybridized carbons (Fsp3) is 1.00. The van der Waals surface area contributed by atoms with E-state index in [1.165, 1.54) is 0 Å². The molecule has 0 aromatic carbocycles. The molecule has 0 aliphatic heterocycles. The fourth-order valence-electron chi connectivity index (χ4n) is 0.928. The minimum atomic E-state index is -0.339. The van der Waals surface area contributed by atoms with E-state index in [1.54, 1.807) is 14.2 Å². The molecule has 3 heteroatoms. The fourth-order valence-corrected chi connectivity index (χ4v) is 2.59. The normalized spacial score (nSPS) is 14.0. The van der Waals surface area contributed by atoms with Crippen LogP contribution >= 0.6 is 0 Å². The Bertz CT molecular complexity index is 120. The van der Waals surface area contributed by atoms with Crippen LogP contribution in [-0.4, -0.2) is 29.7 Å². The lowest BCUT2D eigenvalue weighted by Gasteiger charge is -2.31. The van der Waals surface area contributed by atoms with E-state index in [1.807, 2.05) is 0 Å². The van der Waals surface area contributed by atoms with Crippen LogP contribution in [0.4, 0.5) is 0 Å². The van der Waals surface area contributed by atoms with Crippen molar-refractivity contribution >= 4 is 9.52 Å². The average molecular weight is 190 g/mol. The molecule has 0 N–H and O–H groups in total. The van der Waals surface area contributed by atoms with Gasteiger partial charge in [-0.2, -0.15) is 0 Å². The standard InChI is InChI=1S/C9H22O2Si/c1-7(2)9(3,4)12-8(10-5)11-6/h7-8H,12H2,1-6H3. The van der Waals surface area contributed by atoms with E-state index in [0.717, 1.165) is 0 Å². The van der Waals surface area contributed by atoms with Gasteiger partial charge in [0.05, 0.1) is 9.52 Å². The maximum Gasteiger partial charge on any atom is 0.134 e. The summed E-state index contributed by atoms with van der Waals surface area (Å²) in [5.41, 5.74) is 0. The van der Waals surface area contributed by atoms with Crippen LogP contribution in [-0.2, 0) is 9.47 Å². The zero-order valence-electron chi connectivity index (χ0n) is 9.18. The van der Waals surface area contributed by atoms with Crippen molar-refractivity contribution in [1.29, 1.82) is 0 Å². The summed E-state index contributed by atoms with van der Waals surface area (Å²) in [6.07, 6.45) is 0. The minimum absolute atomic E-state index is 0.0717. The number of hydrogen-bond donors (Lipinski definition) is 0. The maximum absolute atomic E-state index is 5.22. The molecular weight excluding hydrogens is 168 g/mol. The Morgan fingerprint density at radius 2 is 1.50 bits per heavy atom.